The zero-order valence-corrected chi connectivity index (χ0v) is 13.7. The van der Waals surface area contributed by atoms with Crippen molar-refractivity contribution < 1.29 is 9.29 Å². The first-order chi connectivity index (χ1) is 10.6. The quantitative estimate of drug-likeness (QED) is 0.903. The maximum absolute atomic E-state index is 13.0. The third kappa shape index (κ3) is 3.72. The lowest BCUT2D eigenvalue weighted by atomic mass is 10.2. The lowest BCUT2D eigenvalue weighted by Crippen LogP contribution is -3.13. The summed E-state index contributed by atoms with van der Waals surface area (Å²) in [4.78, 5) is 3.83. The van der Waals surface area contributed by atoms with Crippen molar-refractivity contribution >= 4 is 28.9 Å². The van der Waals surface area contributed by atoms with Gasteiger partial charge in [-0.05, 0) is 36.4 Å². The van der Waals surface area contributed by atoms with Crippen molar-refractivity contribution in [2.45, 2.75) is 6.54 Å². The second-order valence-electron chi connectivity index (χ2n) is 5.64. The van der Waals surface area contributed by atoms with Crippen molar-refractivity contribution in [3.63, 3.8) is 0 Å². The summed E-state index contributed by atoms with van der Waals surface area (Å²) < 4.78 is 13.0. The average molecular weight is 340 g/mol. The minimum absolute atomic E-state index is 0.187. The number of rotatable bonds is 3. The van der Waals surface area contributed by atoms with E-state index in [4.69, 9.17) is 23.2 Å². The molecule has 0 saturated carbocycles. The Morgan fingerprint density at radius 1 is 0.955 bits per heavy atom. The molecule has 0 amide bonds. The van der Waals surface area contributed by atoms with Gasteiger partial charge in [0.05, 0.1) is 36.2 Å². The smallest absolute Gasteiger partial charge is 0.123 e. The number of quaternary nitrogens is 1. The molecule has 1 fully saturated rings. The van der Waals surface area contributed by atoms with E-state index in [1.165, 1.54) is 22.6 Å². The van der Waals surface area contributed by atoms with Gasteiger partial charge >= 0.3 is 0 Å². The average Bonchev–Trinajstić information content (AvgIpc) is 2.53. The van der Waals surface area contributed by atoms with E-state index in [2.05, 4.69) is 4.90 Å². The summed E-state index contributed by atoms with van der Waals surface area (Å²) in [5.41, 5.74) is 2.30. The Morgan fingerprint density at radius 3 is 2.27 bits per heavy atom. The van der Waals surface area contributed by atoms with E-state index in [1.54, 1.807) is 0 Å². The normalized spacial score (nSPS) is 16.0. The fourth-order valence-electron chi connectivity index (χ4n) is 2.85. The number of nitrogens with zero attached hydrogens (tertiary/aromatic N) is 1. The first kappa shape index (κ1) is 15.6. The van der Waals surface area contributed by atoms with Crippen molar-refractivity contribution in [1.82, 2.24) is 0 Å². The van der Waals surface area contributed by atoms with Crippen LogP contribution >= 0.6 is 23.2 Å². The van der Waals surface area contributed by atoms with E-state index in [0.717, 1.165) is 38.4 Å². The fourth-order valence-corrected chi connectivity index (χ4v) is 3.17. The van der Waals surface area contributed by atoms with Gasteiger partial charge in [-0.15, -0.1) is 0 Å². The largest absolute Gasteiger partial charge is 0.360 e. The van der Waals surface area contributed by atoms with Crippen molar-refractivity contribution in [3.8, 4) is 0 Å². The summed E-state index contributed by atoms with van der Waals surface area (Å²) in [5.74, 6) is -0.187. The SMILES string of the molecule is Fc1ccc(N2CC[NH+](Cc3ccc(Cl)c(Cl)c3)CC2)cc1. The van der Waals surface area contributed by atoms with Gasteiger partial charge in [-0.1, -0.05) is 29.3 Å². The molecule has 3 rings (SSSR count). The van der Waals surface area contributed by atoms with Gasteiger partial charge in [-0.2, -0.15) is 0 Å². The predicted octanol–water partition coefficient (Wildman–Crippen LogP) is 3.04. The minimum atomic E-state index is -0.187. The van der Waals surface area contributed by atoms with Crippen LogP contribution in [0.4, 0.5) is 10.1 Å². The zero-order valence-electron chi connectivity index (χ0n) is 12.2. The zero-order chi connectivity index (χ0) is 15.5. The molecule has 116 valence electrons. The molecule has 5 heteroatoms. The standard InChI is InChI=1S/C17H17Cl2FN2/c18-16-6-1-13(11-17(16)19)12-21-7-9-22(10-8-21)15-4-2-14(20)3-5-15/h1-6,11H,7-10,12H2/p+1. The van der Waals surface area contributed by atoms with E-state index < -0.39 is 0 Å². The maximum Gasteiger partial charge on any atom is 0.123 e. The molecule has 0 atom stereocenters. The first-order valence-corrected chi connectivity index (χ1v) is 8.15. The molecule has 1 heterocycles. The first-order valence-electron chi connectivity index (χ1n) is 7.40. The van der Waals surface area contributed by atoms with Crippen molar-refractivity contribution in [2.24, 2.45) is 0 Å². The molecular weight excluding hydrogens is 322 g/mol. The van der Waals surface area contributed by atoms with Gasteiger partial charge in [-0.3, -0.25) is 0 Å². The third-order valence-electron chi connectivity index (χ3n) is 4.10. The van der Waals surface area contributed by atoms with Crippen LogP contribution in [0.1, 0.15) is 5.56 Å². The Morgan fingerprint density at radius 2 is 1.64 bits per heavy atom. The van der Waals surface area contributed by atoms with Crippen molar-refractivity contribution in [3.05, 3.63) is 63.9 Å². The van der Waals surface area contributed by atoms with Gasteiger partial charge in [0.2, 0.25) is 0 Å². The summed E-state index contributed by atoms with van der Waals surface area (Å²) in [6, 6.07) is 12.6. The van der Waals surface area contributed by atoms with Crippen LogP contribution < -0.4 is 9.80 Å². The Labute approximate surface area is 140 Å². The van der Waals surface area contributed by atoms with Crippen LogP contribution in [0.15, 0.2) is 42.5 Å². The third-order valence-corrected chi connectivity index (χ3v) is 4.84. The summed E-state index contributed by atoms with van der Waals surface area (Å²) in [5, 5.41) is 1.21. The highest BCUT2D eigenvalue weighted by Gasteiger charge is 2.20. The number of hydrogen-bond donors (Lipinski definition) is 1. The lowest BCUT2D eigenvalue weighted by Gasteiger charge is -2.33. The summed E-state index contributed by atoms with van der Waals surface area (Å²) >= 11 is 12.0. The summed E-state index contributed by atoms with van der Waals surface area (Å²) in [6.07, 6.45) is 0. The van der Waals surface area contributed by atoms with E-state index in [0.29, 0.717) is 10.0 Å². The molecule has 0 aromatic heterocycles. The molecule has 1 N–H and O–H groups in total. The van der Waals surface area contributed by atoms with Crippen LogP contribution in [-0.4, -0.2) is 26.2 Å². The fraction of sp³-hybridized carbons (Fsp3) is 0.294. The second-order valence-corrected chi connectivity index (χ2v) is 6.45. The van der Waals surface area contributed by atoms with E-state index in [9.17, 15) is 4.39 Å². The second kappa shape index (κ2) is 6.86. The molecular formula is C17H18Cl2FN2+. The Bertz CT molecular complexity index is 638. The Kier molecular flexibility index (Phi) is 4.87. The molecule has 2 aromatic carbocycles. The van der Waals surface area contributed by atoms with E-state index in [1.807, 2.05) is 30.3 Å². The highest BCUT2D eigenvalue weighted by molar-refractivity contribution is 6.42. The molecule has 22 heavy (non-hydrogen) atoms. The molecule has 1 aliphatic rings. The molecule has 2 aromatic rings. The van der Waals surface area contributed by atoms with Crippen LogP contribution in [0.3, 0.4) is 0 Å². The van der Waals surface area contributed by atoms with Gasteiger partial charge < -0.3 is 9.80 Å². The van der Waals surface area contributed by atoms with Crippen LogP contribution in [0.2, 0.25) is 10.0 Å². The van der Waals surface area contributed by atoms with Gasteiger partial charge in [0.15, 0.2) is 0 Å². The molecule has 0 bridgehead atoms. The summed E-state index contributed by atoms with van der Waals surface area (Å²) in [7, 11) is 0. The Balaban J connectivity index is 1.57. The molecule has 0 unspecified atom stereocenters. The van der Waals surface area contributed by atoms with Crippen LogP contribution in [-0.2, 0) is 6.54 Å². The number of hydrogen-bond acceptors (Lipinski definition) is 1. The maximum atomic E-state index is 13.0. The lowest BCUT2D eigenvalue weighted by molar-refractivity contribution is -0.914. The van der Waals surface area contributed by atoms with Crippen molar-refractivity contribution in [2.75, 3.05) is 31.1 Å². The number of benzene rings is 2. The van der Waals surface area contributed by atoms with Gasteiger partial charge in [0, 0.05) is 11.3 Å². The van der Waals surface area contributed by atoms with Crippen LogP contribution in [0.25, 0.3) is 0 Å². The number of anilines is 1. The topological polar surface area (TPSA) is 7.68 Å². The molecule has 1 aliphatic heterocycles. The number of piperazine rings is 1. The van der Waals surface area contributed by atoms with Gasteiger partial charge in [0.1, 0.15) is 12.4 Å². The molecule has 0 aliphatic carbocycles. The monoisotopic (exact) mass is 339 g/mol. The van der Waals surface area contributed by atoms with Crippen LogP contribution in [0, 0.1) is 5.82 Å². The minimum Gasteiger partial charge on any atom is -0.360 e. The van der Waals surface area contributed by atoms with Crippen molar-refractivity contribution in [1.29, 1.82) is 0 Å². The molecule has 0 radical (unpaired) electrons. The molecule has 0 spiro atoms. The molecule has 2 nitrogen and oxygen atoms in total. The van der Waals surface area contributed by atoms with E-state index in [-0.39, 0.29) is 5.82 Å². The Hall–Kier alpha value is -1.29. The number of nitrogens with one attached hydrogen (secondary N) is 1. The van der Waals surface area contributed by atoms with E-state index >= 15 is 0 Å². The summed E-state index contributed by atoms with van der Waals surface area (Å²) in [6.45, 7) is 5.01. The van der Waals surface area contributed by atoms with Crippen LogP contribution in [0.5, 0.6) is 0 Å². The molecule has 1 saturated heterocycles. The predicted molar refractivity (Wildman–Crippen MR) is 89.5 cm³/mol. The highest BCUT2D eigenvalue weighted by atomic mass is 35.5. The number of halogens is 3. The highest BCUT2D eigenvalue weighted by Crippen LogP contribution is 2.22. The van der Waals surface area contributed by atoms with Gasteiger partial charge in [0.25, 0.3) is 0 Å². The van der Waals surface area contributed by atoms with Gasteiger partial charge in [-0.25, -0.2) is 4.39 Å².